The molecule has 1 rings (SSSR count). The molecule has 1 fully saturated rings. The standard InChI is InChI=1S/C16H31NO3/c1-12(2)8-14(10-18)17(4)16(19)11-20-15-7-5-6-13(3)9-15/h12-15,18H,5-11H2,1-4H3/t13-,14-,15+/m1/s1. The van der Waals surface area contributed by atoms with E-state index >= 15 is 0 Å². The third kappa shape index (κ3) is 5.80. The SMILES string of the molecule is CC(C)C[C@H](CO)N(C)C(=O)CO[C@H]1CCC[C@@H](C)C1. The van der Waals surface area contributed by atoms with Gasteiger partial charge in [0.1, 0.15) is 6.61 Å². The van der Waals surface area contributed by atoms with Crippen LogP contribution >= 0.6 is 0 Å². The maximum absolute atomic E-state index is 12.1. The Morgan fingerprint density at radius 2 is 2.10 bits per heavy atom. The molecule has 0 aromatic heterocycles. The monoisotopic (exact) mass is 285 g/mol. The van der Waals surface area contributed by atoms with Gasteiger partial charge in [-0.25, -0.2) is 0 Å². The summed E-state index contributed by atoms with van der Waals surface area (Å²) in [7, 11) is 1.76. The number of rotatable bonds is 7. The van der Waals surface area contributed by atoms with Crippen LogP contribution in [0.2, 0.25) is 0 Å². The molecule has 3 atom stereocenters. The Morgan fingerprint density at radius 1 is 1.40 bits per heavy atom. The van der Waals surface area contributed by atoms with E-state index in [2.05, 4.69) is 20.8 Å². The fourth-order valence-electron chi connectivity index (χ4n) is 2.92. The maximum atomic E-state index is 12.1. The zero-order valence-corrected chi connectivity index (χ0v) is 13.5. The Balaban J connectivity index is 2.36. The molecule has 118 valence electrons. The number of nitrogens with zero attached hydrogens (tertiary/aromatic N) is 1. The van der Waals surface area contributed by atoms with Crippen molar-refractivity contribution in [3.63, 3.8) is 0 Å². The highest BCUT2D eigenvalue weighted by Crippen LogP contribution is 2.25. The third-order valence-corrected chi connectivity index (χ3v) is 4.23. The van der Waals surface area contributed by atoms with E-state index in [0.717, 1.165) is 19.3 Å². The van der Waals surface area contributed by atoms with Crippen molar-refractivity contribution < 1.29 is 14.6 Å². The van der Waals surface area contributed by atoms with E-state index in [1.165, 1.54) is 12.8 Å². The van der Waals surface area contributed by atoms with Gasteiger partial charge in [0, 0.05) is 7.05 Å². The van der Waals surface area contributed by atoms with Crippen LogP contribution in [0.3, 0.4) is 0 Å². The summed E-state index contributed by atoms with van der Waals surface area (Å²) >= 11 is 0. The number of carbonyl (C=O) groups excluding carboxylic acids is 1. The Bertz CT molecular complexity index is 293. The lowest BCUT2D eigenvalue weighted by Crippen LogP contribution is -2.42. The minimum absolute atomic E-state index is 0.0148. The highest BCUT2D eigenvalue weighted by molar-refractivity contribution is 5.77. The van der Waals surface area contributed by atoms with Crippen LogP contribution in [0.4, 0.5) is 0 Å². The van der Waals surface area contributed by atoms with Crippen molar-refractivity contribution in [3.8, 4) is 0 Å². The molecule has 0 aromatic rings. The van der Waals surface area contributed by atoms with Crippen molar-refractivity contribution in [2.75, 3.05) is 20.3 Å². The van der Waals surface area contributed by atoms with Crippen LogP contribution in [-0.4, -0.2) is 48.3 Å². The van der Waals surface area contributed by atoms with Gasteiger partial charge in [0.15, 0.2) is 0 Å². The maximum Gasteiger partial charge on any atom is 0.248 e. The molecule has 0 aliphatic heterocycles. The third-order valence-electron chi connectivity index (χ3n) is 4.23. The van der Waals surface area contributed by atoms with Gasteiger partial charge in [-0.05, 0) is 31.1 Å². The molecule has 4 nitrogen and oxygen atoms in total. The largest absolute Gasteiger partial charge is 0.394 e. The van der Waals surface area contributed by atoms with Crippen LogP contribution in [0.5, 0.6) is 0 Å². The number of aliphatic hydroxyl groups is 1. The average Bonchev–Trinajstić information content (AvgIpc) is 2.41. The molecule has 0 spiro atoms. The van der Waals surface area contributed by atoms with E-state index in [-0.39, 0.29) is 31.3 Å². The molecule has 1 N–H and O–H groups in total. The highest BCUT2D eigenvalue weighted by Gasteiger charge is 2.23. The van der Waals surface area contributed by atoms with Gasteiger partial charge in [0.25, 0.3) is 0 Å². The predicted octanol–water partition coefficient (Wildman–Crippen LogP) is 2.45. The van der Waals surface area contributed by atoms with Gasteiger partial charge in [-0.15, -0.1) is 0 Å². The first-order chi connectivity index (χ1) is 9.43. The van der Waals surface area contributed by atoms with Gasteiger partial charge in [-0.3, -0.25) is 4.79 Å². The molecule has 0 aromatic carbocycles. The lowest BCUT2D eigenvalue weighted by atomic mass is 9.89. The van der Waals surface area contributed by atoms with Gasteiger partial charge in [-0.1, -0.05) is 33.6 Å². The second-order valence-electron chi connectivity index (χ2n) is 6.68. The van der Waals surface area contributed by atoms with Crippen molar-refractivity contribution in [1.82, 2.24) is 4.90 Å². The van der Waals surface area contributed by atoms with Gasteiger partial charge >= 0.3 is 0 Å². The molecule has 1 aliphatic carbocycles. The van der Waals surface area contributed by atoms with E-state index < -0.39 is 0 Å². The molecule has 0 radical (unpaired) electrons. The van der Waals surface area contributed by atoms with E-state index in [1.807, 2.05) is 0 Å². The van der Waals surface area contributed by atoms with Crippen molar-refractivity contribution in [2.45, 2.75) is 65.0 Å². The van der Waals surface area contributed by atoms with Crippen molar-refractivity contribution in [1.29, 1.82) is 0 Å². The van der Waals surface area contributed by atoms with Crippen molar-refractivity contribution >= 4 is 5.91 Å². The predicted molar refractivity (Wildman–Crippen MR) is 80.5 cm³/mol. The molecule has 0 bridgehead atoms. The quantitative estimate of drug-likeness (QED) is 0.781. The number of carbonyl (C=O) groups is 1. The Kier molecular flexibility index (Phi) is 7.52. The van der Waals surface area contributed by atoms with Crippen LogP contribution in [-0.2, 0) is 9.53 Å². The zero-order chi connectivity index (χ0) is 15.1. The molecule has 1 saturated carbocycles. The minimum Gasteiger partial charge on any atom is -0.394 e. The number of ether oxygens (including phenoxy) is 1. The number of amides is 1. The molecule has 0 saturated heterocycles. The lowest BCUT2D eigenvalue weighted by molar-refractivity contribution is -0.141. The fourth-order valence-corrected chi connectivity index (χ4v) is 2.92. The molecule has 1 aliphatic rings. The number of likely N-dealkylation sites (N-methyl/N-ethyl adjacent to an activating group) is 1. The van der Waals surface area contributed by atoms with Crippen molar-refractivity contribution in [3.05, 3.63) is 0 Å². The van der Waals surface area contributed by atoms with Gasteiger partial charge in [0.2, 0.25) is 5.91 Å². The number of hydrogen-bond acceptors (Lipinski definition) is 3. The normalized spacial score (nSPS) is 24.7. The van der Waals surface area contributed by atoms with Crippen molar-refractivity contribution in [2.24, 2.45) is 11.8 Å². The fraction of sp³-hybridized carbons (Fsp3) is 0.938. The summed E-state index contributed by atoms with van der Waals surface area (Å²) in [5.41, 5.74) is 0. The van der Waals surface area contributed by atoms with E-state index in [4.69, 9.17) is 4.74 Å². The molecule has 20 heavy (non-hydrogen) atoms. The Morgan fingerprint density at radius 3 is 2.65 bits per heavy atom. The summed E-state index contributed by atoms with van der Waals surface area (Å²) in [4.78, 5) is 13.8. The van der Waals surface area contributed by atoms with Gasteiger partial charge in [-0.2, -0.15) is 0 Å². The summed E-state index contributed by atoms with van der Waals surface area (Å²) in [5.74, 6) is 1.14. The van der Waals surface area contributed by atoms with Crippen LogP contribution in [0, 0.1) is 11.8 Å². The van der Waals surface area contributed by atoms with Gasteiger partial charge in [0.05, 0.1) is 18.8 Å². The van der Waals surface area contributed by atoms with E-state index in [0.29, 0.717) is 11.8 Å². The number of hydrogen-bond donors (Lipinski definition) is 1. The molecule has 4 heteroatoms. The van der Waals surface area contributed by atoms with Crippen LogP contribution in [0.25, 0.3) is 0 Å². The molecule has 0 heterocycles. The summed E-state index contributed by atoms with van der Waals surface area (Å²) in [6, 6.07) is -0.101. The second kappa shape index (κ2) is 8.63. The van der Waals surface area contributed by atoms with E-state index in [1.54, 1.807) is 11.9 Å². The minimum atomic E-state index is -0.101. The van der Waals surface area contributed by atoms with Crippen LogP contribution in [0.15, 0.2) is 0 Å². The smallest absolute Gasteiger partial charge is 0.248 e. The summed E-state index contributed by atoms with van der Waals surface area (Å²) in [6.07, 6.45) is 5.65. The Labute approximate surface area is 123 Å². The first-order valence-corrected chi connectivity index (χ1v) is 7.92. The molecular weight excluding hydrogens is 254 g/mol. The summed E-state index contributed by atoms with van der Waals surface area (Å²) in [6.45, 7) is 6.60. The summed E-state index contributed by atoms with van der Waals surface area (Å²) < 4.78 is 5.76. The molecule has 0 unspecified atom stereocenters. The van der Waals surface area contributed by atoms with Crippen LogP contribution < -0.4 is 0 Å². The lowest BCUT2D eigenvalue weighted by Gasteiger charge is -2.30. The first-order valence-electron chi connectivity index (χ1n) is 7.92. The Hall–Kier alpha value is -0.610. The molecule has 1 amide bonds. The topological polar surface area (TPSA) is 49.8 Å². The first kappa shape index (κ1) is 17.4. The highest BCUT2D eigenvalue weighted by atomic mass is 16.5. The second-order valence-corrected chi connectivity index (χ2v) is 6.68. The van der Waals surface area contributed by atoms with E-state index in [9.17, 15) is 9.90 Å². The van der Waals surface area contributed by atoms with Gasteiger partial charge < -0.3 is 14.7 Å². The zero-order valence-electron chi connectivity index (χ0n) is 13.5. The number of aliphatic hydroxyl groups excluding tert-OH is 1. The van der Waals surface area contributed by atoms with Crippen LogP contribution in [0.1, 0.15) is 52.9 Å². The molecular formula is C16H31NO3. The average molecular weight is 285 g/mol. The summed E-state index contributed by atoms with van der Waals surface area (Å²) in [5, 5.41) is 9.41.